The highest BCUT2D eigenvalue weighted by atomic mass is 35.5. The molecule has 4 heterocycles. The Morgan fingerprint density at radius 2 is 1.79 bits per heavy atom. The normalized spacial score (nSPS) is 14.9. The van der Waals surface area contributed by atoms with Crippen LogP contribution in [0.25, 0.3) is 16.6 Å². The maximum atomic E-state index is 9.65. The lowest BCUT2D eigenvalue weighted by molar-refractivity contribution is 0.210. The third kappa shape index (κ3) is 4.05. The first-order valence-electron chi connectivity index (χ1n) is 11.0. The monoisotopic (exact) mass is 487 g/mol. The molecule has 1 aliphatic heterocycles. The fraction of sp³-hybridized carbons (Fsp3) is 0.280. The predicted molar refractivity (Wildman–Crippen MR) is 132 cm³/mol. The van der Waals surface area contributed by atoms with Gasteiger partial charge in [-0.2, -0.15) is 20.7 Å². The first kappa shape index (κ1) is 22.5. The van der Waals surface area contributed by atoms with Gasteiger partial charge in [-0.1, -0.05) is 23.4 Å². The topological polar surface area (TPSA) is 85.9 Å². The van der Waals surface area contributed by atoms with Gasteiger partial charge in [0.25, 0.3) is 0 Å². The zero-order valence-corrected chi connectivity index (χ0v) is 20.4. The van der Waals surface area contributed by atoms with Crippen molar-refractivity contribution in [3.05, 3.63) is 64.7 Å². The molecule has 1 fully saturated rings. The van der Waals surface area contributed by atoms with Crippen molar-refractivity contribution in [3.63, 3.8) is 0 Å². The van der Waals surface area contributed by atoms with Gasteiger partial charge < -0.3 is 4.90 Å². The van der Waals surface area contributed by atoms with E-state index in [1.807, 2.05) is 18.5 Å². The first-order valence-corrected chi connectivity index (χ1v) is 12.2. The van der Waals surface area contributed by atoms with Gasteiger partial charge in [0, 0.05) is 37.8 Å². The van der Waals surface area contributed by atoms with Crippen LogP contribution in [0.15, 0.2) is 52.6 Å². The molecule has 0 aliphatic carbocycles. The Morgan fingerprint density at radius 3 is 2.53 bits per heavy atom. The van der Waals surface area contributed by atoms with Crippen LogP contribution in [-0.2, 0) is 0 Å². The molecule has 1 saturated heterocycles. The standard InChI is InChI=1S/C25H22ClN7S/c1-16-22(14-30-33(16)21-5-7-31(2)8-6-21)18-9-24(25-19(12-28)13-29-32(25)15-18)34-23-10-20(26)4-3-17(23)11-27/h3-4,9-10,13-15,21H,5-8H2,1-2H3. The van der Waals surface area contributed by atoms with Crippen molar-refractivity contribution in [2.75, 3.05) is 20.1 Å². The Hall–Kier alpha value is -3.30. The minimum atomic E-state index is 0.391. The van der Waals surface area contributed by atoms with E-state index in [4.69, 9.17) is 16.7 Å². The van der Waals surface area contributed by atoms with Gasteiger partial charge in [0.15, 0.2) is 0 Å². The number of piperidine rings is 1. The summed E-state index contributed by atoms with van der Waals surface area (Å²) in [4.78, 5) is 3.92. The summed E-state index contributed by atoms with van der Waals surface area (Å²) in [6, 6.07) is 12.1. The van der Waals surface area contributed by atoms with E-state index in [1.165, 1.54) is 11.8 Å². The van der Waals surface area contributed by atoms with E-state index in [0.717, 1.165) is 52.5 Å². The molecule has 0 amide bonds. The van der Waals surface area contributed by atoms with Crippen LogP contribution in [0.2, 0.25) is 5.02 Å². The quantitative estimate of drug-likeness (QED) is 0.387. The summed E-state index contributed by atoms with van der Waals surface area (Å²) >= 11 is 7.64. The Balaban J connectivity index is 1.60. The van der Waals surface area contributed by atoms with Crippen molar-refractivity contribution < 1.29 is 0 Å². The van der Waals surface area contributed by atoms with Gasteiger partial charge in [-0.3, -0.25) is 4.68 Å². The highest BCUT2D eigenvalue weighted by molar-refractivity contribution is 7.99. The van der Waals surface area contributed by atoms with E-state index in [0.29, 0.717) is 27.7 Å². The maximum Gasteiger partial charge on any atom is 0.103 e. The largest absolute Gasteiger partial charge is 0.306 e. The third-order valence-electron chi connectivity index (χ3n) is 6.37. The Kier molecular flexibility index (Phi) is 6.05. The molecule has 0 atom stereocenters. The molecule has 5 rings (SSSR count). The second kappa shape index (κ2) is 9.15. The van der Waals surface area contributed by atoms with Crippen molar-refractivity contribution in [1.82, 2.24) is 24.3 Å². The molecular weight excluding hydrogens is 466 g/mol. The highest BCUT2D eigenvalue weighted by Crippen LogP contribution is 2.39. The molecule has 0 radical (unpaired) electrons. The summed E-state index contributed by atoms with van der Waals surface area (Å²) in [5, 5.41) is 29.0. The van der Waals surface area contributed by atoms with Crippen LogP contribution in [0.1, 0.15) is 35.7 Å². The summed E-state index contributed by atoms with van der Waals surface area (Å²) in [6.45, 7) is 4.24. The predicted octanol–water partition coefficient (Wildman–Crippen LogP) is 5.32. The summed E-state index contributed by atoms with van der Waals surface area (Å²) in [7, 11) is 2.16. The number of aromatic nitrogens is 4. The molecule has 0 unspecified atom stereocenters. The molecule has 0 spiro atoms. The molecule has 9 heteroatoms. The van der Waals surface area contributed by atoms with Crippen LogP contribution in [0.5, 0.6) is 0 Å². The molecule has 170 valence electrons. The summed E-state index contributed by atoms with van der Waals surface area (Å²) < 4.78 is 3.88. The second-order valence-corrected chi connectivity index (χ2v) is 10.1. The number of fused-ring (bicyclic) bond motifs is 1. The number of halogens is 1. The van der Waals surface area contributed by atoms with Gasteiger partial charge in [0.2, 0.25) is 0 Å². The van der Waals surface area contributed by atoms with Crippen molar-refractivity contribution in [3.8, 4) is 23.3 Å². The number of benzene rings is 1. The minimum Gasteiger partial charge on any atom is -0.306 e. The van der Waals surface area contributed by atoms with Crippen LogP contribution in [0.3, 0.4) is 0 Å². The van der Waals surface area contributed by atoms with Gasteiger partial charge in [0.05, 0.1) is 35.1 Å². The van der Waals surface area contributed by atoms with E-state index < -0.39 is 0 Å². The van der Waals surface area contributed by atoms with E-state index in [1.54, 1.807) is 28.9 Å². The Morgan fingerprint density at radius 1 is 1.03 bits per heavy atom. The van der Waals surface area contributed by atoms with Crippen molar-refractivity contribution >= 4 is 28.9 Å². The zero-order valence-electron chi connectivity index (χ0n) is 18.9. The molecule has 4 aromatic rings. The van der Waals surface area contributed by atoms with Gasteiger partial charge in [-0.05, 0) is 64.2 Å². The molecule has 0 N–H and O–H groups in total. The van der Waals surface area contributed by atoms with Crippen molar-refractivity contribution in [2.45, 2.75) is 35.6 Å². The van der Waals surface area contributed by atoms with Crippen LogP contribution in [0, 0.1) is 29.6 Å². The SMILES string of the molecule is Cc1c(-c2cc(Sc3cc(Cl)ccc3C#N)c3c(C#N)cnn3c2)cnn1C1CCN(C)CC1. The number of rotatable bonds is 4. The third-order valence-corrected chi connectivity index (χ3v) is 7.69. The molecule has 1 aromatic carbocycles. The fourth-order valence-corrected chi connectivity index (χ4v) is 5.87. The lowest BCUT2D eigenvalue weighted by Crippen LogP contribution is -2.32. The lowest BCUT2D eigenvalue weighted by Gasteiger charge is -2.29. The van der Waals surface area contributed by atoms with E-state index in [9.17, 15) is 10.5 Å². The van der Waals surface area contributed by atoms with Gasteiger partial charge >= 0.3 is 0 Å². The highest BCUT2D eigenvalue weighted by Gasteiger charge is 2.23. The number of pyridine rings is 1. The molecule has 1 aliphatic rings. The van der Waals surface area contributed by atoms with Gasteiger partial charge in [-0.15, -0.1) is 0 Å². The number of likely N-dealkylation sites (tertiary alicyclic amines) is 1. The molecule has 3 aromatic heterocycles. The number of nitriles is 2. The average molecular weight is 488 g/mol. The van der Waals surface area contributed by atoms with Crippen molar-refractivity contribution in [1.29, 1.82) is 10.5 Å². The van der Waals surface area contributed by atoms with Crippen LogP contribution in [-0.4, -0.2) is 44.4 Å². The summed E-state index contributed by atoms with van der Waals surface area (Å²) in [6.07, 6.45) is 7.58. The molecular formula is C25H22ClN7S. The Labute approximate surface area is 207 Å². The summed E-state index contributed by atoms with van der Waals surface area (Å²) in [5.41, 5.74) is 4.82. The molecule has 7 nitrogen and oxygen atoms in total. The molecule has 34 heavy (non-hydrogen) atoms. The van der Waals surface area contributed by atoms with Crippen LogP contribution in [0.4, 0.5) is 0 Å². The summed E-state index contributed by atoms with van der Waals surface area (Å²) in [5.74, 6) is 0. The fourth-order valence-electron chi connectivity index (χ4n) is 4.50. The molecule has 0 bridgehead atoms. The average Bonchev–Trinajstić information content (AvgIpc) is 3.43. The van der Waals surface area contributed by atoms with E-state index in [2.05, 4.69) is 40.8 Å². The van der Waals surface area contributed by atoms with Crippen molar-refractivity contribution in [2.24, 2.45) is 0 Å². The molecule has 0 saturated carbocycles. The van der Waals surface area contributed by atoms with Crippen LogP contribution >= 0.6 is 23.4 Å². The number of hydrogen-bond acceptors (Lipinski definition) is 6. The first-order chi connectivity index (χ1) is 16.5. The van der Waals surface area contributed by atoms with E-state index >= 15 is 0 Å². The number of hydrogen-bond donors (Lipinski definition) is 0. The number of nitrogens with zero attached hydrogens (tertiary/aromatic N) is 7. The van der Waals surface area contributed by atoms with Gasteiger partial charge in [0.1, 0.15) is 12.1 Å². The smallest absolute Gasteiger partial charge is 0.103 e. The maximum absolute atomic E-state index is 9.65. The minimum absolute atomic E-state index is 0.391. The van der Waals surface area contributed by atoms with Gasteiger partial charge in [-0.25, -0.2) is 4.52 Å². The Bertz CT molecular complexity index is 1470. The second-order valence-electron chi connectivity index (χ2n) is 8.53. The zero-order chi connectivity index (χ0) is 23.8. The van der Waals surface area contributed by atoms with Crippen LogP contribution < -0.4 is 0 Å². The lowest BCUT2D eigenvalue weighted by atomic mass is 10.0. The van der Waals surface area contributed by atoms with E-state index in [-0.39, 0.29) is 0 Å².